The molecular formula is C16H24N2O. The maximum atomic E-state index is 11.4. The first-order valence-corrected chi connectivity index (χ1v) is 7.34. The van der Waals surface area contributed by atoms with Gasteiger partial charge in [0, 0.05) is 12.6 Å². The third-order valence-electron chi connectivity index (χ3n) is 3.92. The van der Waals surface area contributed by atoms with Crippen LogP contribution in [0.25, 0.3) is 0 Å². The van der Waals surface area contributed by atoms with Crippen LogP contribution >= 0.6 is 0 Å². The summed E-state index contributed by atoms with van der Waals surface area (Å²) in [5.74, 6) is 0.802. The predicted octanol–water partition coefficient (Wildman–Crippen LogP) is 2.44. The van der Waals surface area contributed by atoms with Crippen molar-refractivity contribution in [1.82, 2.24) is 10.6 Å². The Balaban J connectivity index is 1.72. The molecule has 0 heterocycles. The molecule has 19 heavy (non-hydrogen) atoms. The van der Waals surface area contributed by atoms with Gasteiger partial charge in [0.2, 0.25) is 5.91 Å². The van der Waals surface area contributed by atoms with Gasteiger partial charge >= 0.3 is 0 Å². The fraction of sp³-hybridized carbons (Fsp3) is 0.562. The van der Waals surface area contributed by atoms with Gasteiger partial charge in [0.25, 0.3) is 0 Å². The van der Waals surface area contributed by atoms with E-state index in [0.29, 0.717) is 25.0 Å². The third-order valence-corrected chi connectivity index (χ3v) is 3.92. The molecule has 0 aliphatic heterocycles. The monoisotopic (exact) mass is 260 g/mol. The van der Waals surface area contributed by atoms with Crippen LogP contribution in [-0.2, 0) is 4.79 Å². The van der Waals surface area contributed by atoms with Crippen molar-refractivity contribution in [3.63, 3.8) is 0 Å². The molecule has 1 aliphatic rings. The molecule has 3 heteroatoms. The Morgan fingerprint density at radius 3 is 2.47 bits per heavy atom. The lowest BCUT2D eigenvalue weighted by Crippen LogP contribution is -2.40. The van der Waals surface area contributed by atoms with E-state index >= 15 is 0 Å². The second kappa shape index (κ2) is 7.29. The Kier molecular flexibility index (Phi) is 5.40. The molecule has 0 aromatic heterocycles. The zero-order valence-corrected chi connectivity index (χ0v) is 11.7. The lowest BCUT2D eigenvalue weighted by Gasteiger charge is -2.29. The smallest absolute Gasteiger partial charge is 0.233 e. The first kappa shape index (κ1) is 14.1. The minimum absolute atomic E-state index is 0.104. The van der Waals surface area contributed by atoms with Gasteiger partial charge in [-0.1, -0.05) is 30.3 Å². The van der Waals surface area contributed by atoms with E-state index in [9.17, 15) is 4.79 Å². The molecule has 2 N–H and O–H groups in total. The van der Waals surface area contributed by atoms with E-state index in [1.807, 2.05) is 6.92 Å². The van der Waals surface area contributed by atoms with E-state index in [1.54, 1.807) is 0 Å². The molecule has 1 amide bonds. The Hall–Kier alpha value is -1.35. The lowest BCUT2D eigenvalue weighted by molar-refractivity contribution is -0.120. The SMILES string of the molecule is CCNC(=O)CNC1CCC(c2ccccc2)CC1. The van der Waals surface area contributed by atoms with Crippen LogP contribution in [0.15, 0.2) is 30.3 Å². The van der Waals surface area contributed by atoms with Crippen molar-refractivity contribution >= 4 is 5.91 Å². The van der Waals surface area contributed by atoms with Gasteiger partial charge in [0.05, 0.1) is 6.54 Å². The van der Waals surface area contributed by atoms with Gasteiger partial charge in [-0.3, -0.25) is 4.79 Å². The Labute approximate surface area is 115 Å². The average Bonchev–Trinajstić information content (AvgIpc) is 2.47. The highest BCUT2D eigenvalue weighted by Crippen LogP contribution is 2.32. The molecule has 2 rings (SSSR count). The fourth-order valence-corrected chi connectivity index (χ4v) is 2.85. The van der Waals surface area contributed by atoms with Crippen LogP contribution in [0.2, 0.25) is 0 Å². The third kappa shape index (κ3) is 4.35. The van der Waals surface area contributed by atoms with Crippen molar-refractivity contribution in [1.29, 1.82) is 0 Å². The first-order chi connectivity index (χ1) is 9.29. The van der Waals surface area contributed by atoms with Crippen molar-refractivity contribution in [2.75, 3.05) is 13.1 Å². The van der Waals surface area contributed by atoms with E-state index in [2.05, 4.69) is 41.0 Å². The zero-order valence-electron chi connectivity index (χ0n) is 11.7. The first-order valence-electron chi connectivity index (χ1n) is 7.34. The topological polar surface area (TPSA) is 41.1 Å². The van der Waals surface area contributed by atoms with Crippen LogP contribution < -0.4 is 10.6 Å². The Morgan fingerprint density at radius 2 is 1.84 bits per heavy atom. The number of likely N-dealkylation sites (N-methyl/N-ethyl adjacent to an activating group) is 1. The normalized spacial score (nSPS) is 23.0. The van der Waals surface area contributed by atoms with E-state index in [4.69, 9.17) is 0 Å². The van der Waals surface area contributed by atoms with Gasteiger partial charge in [0.1, 0.15) is 0 Å². The highest BCUT2D eigenvalue weighted by atomic mass is 16.1. The van der Waals surface area contributed by atoms with Gasteiger partial charge in [-0.2, -0.15) is 0 Å². The van der Waals surface area contributed by atoms with E-state index in [1.165, 1.54) is 31.2 Å². The van der Waals surface area contributed by atoms with Crippen LogP contribution in [0.3, 0.4) is 0 Å². The van der Waals surface area contributed by atoms with Gasteiger partial charge < -0.3 is 10.6 Å². The van der Waals surface area contributed by atoms with Gasteiger partial charge in [-0.25, -0.2) is 0 Å². The molecule has 1 aliphatic carbocycles. The number of hydrogen-bond acceptors (Lipinski definition) is 2. The number of carbonyl (C=O) groups is 1. The molecule has 0 radical (unpaired) electrons. The molecule has 3 nitrogen and oxygen atoms in total. The van der Waals surface area contributed by atoms with Gasteiger partial charge in [-0.05, 0) is 44.1 Å². The number of carbonyl (C=O) groups excluding carboxylic acids is 1. The van der Waals surface area contributed by atoms with Crippen molar-refractivity contribution in [3.05, 3.63) is 35.9 Å². The quantitative estimate of drug-likeness (QED) is 0.854. The largest absolute Gasteiger partial charge is 0.355 e. The summed E-state index contributed by atoms with van der Waals surface area (Å²) in [7, 11) is 0. The Morgan fingerprint density at radius 1 is 1.16 bits per heavy atom. The van der Waals surface area contributed by atoms with Crippen molar-refractivity contribution in [3.8, 4) is 0 Å². The second-order valence-corrected chi connectivity index (χ2v) is 5.29. The maximum Gasteiger partial charge on any atom is 0.233 e. The molecule has 0 atom stereocenters. The fourth-order valence-electron chi connectivity index (χ4n) is 2.85. The summed E-state index contributed by atoms with van der Waals surface area (Å²) < 4.78 is 0. The predicted molar refractivity (Wildman–Crippen MR) is 78.1 cm³/mol. The van der Waals surface area contributed by atoms with Crippen molar-refractivity contribution < 1.29 is 4.79 Å². The van der Waals surface area contributed by atoms with Crippen LogP contribution in [0.5, 0.6) is 0 Å². The summed E-state index contributed by atoms with van der Waals surface area (Å²) in [4.78, 5) is 11.4. The molecule has 0 saturated heterocycles. The summed E-state index contributed by atoms with van der Waals surface area (Å²) in [6.07, 6.45) is 4.77. The highest BCUT2D eigenvalue weighted by Gasteiger charge is 2.22. The standard InChI is InChI=1S/C16H24N2O/c1-2-17-16(19)12-18-15-10-8-14(9-11-15)13-6-4-3-5-7-13/h3-7,14-15,18H,2,8-12H2,1H3,(H,17,19). The summed E-state index contributed by atoms with van der Waals surface area (Å²) in [5.41, 5.74) is 1.46. The van der Waals surface area contributed by atoms with Gasteiger partial charge in [0.15, 0.2) is 0 Å². The van der Waals surface area contributed by atoms with Crippen LogP contribution in [0.4, 0.5) is 0 Å². The van der Waals surface area contributed by atoms with E-state index < -0.39 is 0 Å². The minimum atomic E-state index is 0.104. The van der Waals surface area contributed by atoms with Crippen LogP contribution in [0.1, 0.15) is 44.1 Å². The molecule has 1 saturated carbocycles. The number of amides is 1. The number of hydrogen-bond donors (Lipinski definition) is 2. The van der Waals surface area contributed by atoms with Gasteiger partial charge in [-0.15, -0.1) is 0 Å². The molecule has 0 unspecified atom stereocenters. The number of benzene rings is 1. The lowest BCUT2D eigenvalue weighted by atomic mass is 9.82. The molecule has 0 spiro atoms. The van der Waals surface area contributed by atoms with Crippen LogP contribution in [0, 0.1) is 0 Å². The molecule has 1 fully saturated rings. The molecule has 104 valence electrons. The summed E-state index contributed by atoms with van der Waals surface area (Å²) in [6.45, 7) is 3.11. The minimum Gasteiger partial charge on any atom is -0.355 e. The number of rotatable bonds is 5. The molecule has 0 bridgehead atoms. The Bertz CT molecular complexity index is 383. The molecule has 1 aromatic carbocycles. The summed E-state index contributed by atoms with van der Waals surface area (Å²) in [6, 6.07) is 11.3. The van der Waals surface area contributed by atoms with Crippen molar-refractivity contribution in [2.45, 2.75) is 44.6 Å². The van der Waals surface area contributed by atoms with Crippen LogP contribution in [-0.4, -0.2) is 25.0 Å². The average molecular weight is 260 g/mol. The van der Waals surface area contributed by atoms with Crippen molar-refractivity contribution in [2.24, 2.45) is 0 Å². The van der Waals surface area contributed by atoms with E-state index in [-0.39, 0.29) is 5.91 Å². The zero-order chi connectivity index (χ0) is 13.5. The maximum absolute atomic E-state index is 11.4. The number of nitrogens with one attached hydrogen (secondary N) is 2. The summed E-state index contributed by atoms with van der Waals surface area (Å²) >= 11 is 0. The molecular weight excluding hydrogens is 236 g/mol. The highest BCUT2D eigenvalue weighted by molar-refractivity contribution is 5.77. The molecule has 1 aromatic rings. The van der Waals surface area contributed by atoms with E-state index in [0.717, 1.165) is 0 Å². The summed E-state index contributed by atoms with van der Waals surface area (Å²) in [5, 5.41) is 6.18. The second-order valence-electron chi connectivity index (χ2n) is 5.29.